The van der Waals surface area contributed by atoms with Crippen molar-refractivity contribution in [2.45, 2.75) is 13.8 Å². The van der Waals surface area contributed by atoms with E-state index in [0.29, 0.717) is 0 Å². The monoisotopic (exact) mass is 188 g/mol. The number of aromatic nitrogens is 4. The van der Waals surface area contributed by atoms with Gasteiger partial charge >= 0.3 is 0 Å². The molecular formula is C10H12N4. The van der Waals surface area contributed by atoms with Gasteiger partial charge < -0.3 is 0 Å². The molecule has 0 N–H and O–H groups in total. The number of aryl methyl sites for hydroxylation is 2. The largest absolute Gasteiger partial charge is 0.159 e. The quantitative estimate of drug-likeness (QED) is 0.629. The van der Waals surface area contributed by atoms with Crippen molar-refractivity contribution >= 4 is 0 Å². The fraction of sp³-hybridized carbons (Fsp3) is 0.200. The second kappa shape index (κ2) is 5.75. The summed E-state index contributed by atoms with van der Waals surface area (Å²) in [5, 5.41) is 14.5. The Labute approximate surface area is 83.0 Å². The second-order valence-electron chi connectivity index (χ2n) is 2.84. The summed E-state index contributed by atoms with van der Waals surface area (Å²) >= 11 is 0. The highest BCUT2D eigenvalue weighted by Gasteiger charge is 1.75. The molecule has 2 aromatic rings. The van der Waals surface area contributed by atoms with E-state index in [0.717, 1.165) is 11.1 Å². The lowest BCUT2D eigenvalue weighted by atomic mass is 10.4. The summed E-state index contributed by atoms with van der Waals surface area (Å²) in [6.45, 7) is 3.96. The number of hydrogen-bond acceptors (Lipinski definition) is 4. The highest BCUT2D eigenvalue weighted by atomic mass is 15.1. The summed E-state index contributed by atoms with van der Waals surface area (Å²) in [4.78, 5) is 0. The van der Waals surface area contributed by atoms with Crippen molar-refractivity contribution in [1.82, 2.24) is 20.4 Å². The van der Waals surface area contributed by atoms with E-state index in [-0.39, 0.29) is 0 Å². The summed E-state index contributed by atoms with van der Waals surface area (Å²) in [6.07, 6.45) is 6.80. The molecule has 0 spiro atoms. The lowest BCUT2D eigenvalue weighted by Gasteiger charge is -1.80. The zero-order valence-electron chi connectivity index (χ0n) is 8.25. The van der Waals surface area contributed by atoms with Gasteiger partial charge in [0.25, 0.3) is 0 Å². The molecule has 2 rings (SSSR count). The van der Waals surface area contributed by atoms with E-state index in [9.17, 15) is 0 Å². The van der Waals surface area contributed by atoms with Gasteiger partial charge in [0.1, 0.15) is 0 Å². The van der Waals surface area contributed by atoms with Crippen molar-refractivity contribution < 1.29 is 0 Å². The molecule has 14 heavy (non-hydrogen) atoms. The van der Waals surface area contributed by atoms with Crippen LogP contribution in [0.3, 0.4) is 0 Å². The van der Waals surface area contributed by atoms with Gasteiger partial charge in [0.2, 0.25) is 0 Å². The van der Waals surface area contributed by atoms with Crippen molar-refractivity contribution in [2.75, 3.05) is 0 Å². The number of rotatable bonds is 0. The second-order valence-corrected chi connectivity index (χ2v) is 2.84. The van der Waals surface area contributed by atoms with E-state index in [1.165, 1.54) is 0 Å². The predicted molar refractivity (Wildman–Crippen MR) is 53.5 cm³/mol. The third-order valence-electron chi connectivity index (χ3n) is 1.46. The lowest BCUT2D eigenvalue weighted by molar-refractivity contribution is 1.01. The van der Waals surface area contributed by atoms with Crippen molar-refractivity contribution in [1.29, 1.82) is 0 Å². The van der Waals surface area contributed by atoms with E-state index >= 15 is 0 Å². The Balaban J connectivity index is 0.000000140. The van der Waals surface area contributed by atoms with Gasteiger partial charge in [0, 0.05) is 12.4 Å². The first-order chi connectivity index (χ1) is 6.79. The maximum atomic E-state index is 3.63. The summed E-state index contributed by atoms with van der Waals surface area (Å²) < 4.78 is 0. The molecule has 72 valence electrons. The van der Waals surface area contributed by atoms with Crippen LogP contribution < -0.4 is 0 Å². The molecule has 0 unspecified atom stereocenters. The Kier molecular flexibility index (Phi) is 4.20. The maximum absolute atomic E-state index is 3.63. The fourth-order valence-electron chi connectivity index (χ4n) is 0.714. The summed E-state index contributed by atoms with van der Waals surface area (Å²) in [5.41, 5.74) is 2.30. The molecule has 0 atom stereocenters. The van der Waals surface area contributed by atoms with Crippen molar-refractivity contribution in [2.24, 2.45) is 0 Å². The Morgan fingerprint density at radius 2 is 1.14 bits per heavy atom. The number of nitrogens with zero attached hydrogens (tertiary/aromatic N) is 4. The van der Waals surface area contributed by atoms with E-state index in [2.05, 4.69) is 20.4 Å². The first kappa shape index (κ1) is 10.2. The Morgan fingerprint density at radius 1 is 0.714 bits per heavy atom. The number of hydrogen-bond donors (Lipinski definition) is 0. The molecule has 0 aromatic carbocycles. The van der Waals surface area contributed by atoms with Gasteiger partial charge in [-0.2, -0.15) is 20.4 Å². The third kappa shape index (κ3) is 4.25. The lowest BCUT2D eigenvalue weighted by Crippen LogP contribution is -1.76. The Morgan fingerprint density at radius 3 is 1.29 bits per heavy atom. The first-order valence-corrected chi connectivity index (χ1v) is 4.25. The molecular weight excluding hydrogens is 176 g/mol. The van der Waals surface area contributed by atoms with Crippen molar-refractivity contribution in [3.8, 4) is 0 Å². The van der Waals surface area contributed by atoms with Crippen LogP contribution in [0.15, 0.2) is 36.9 Å². The van der Waals surface area contributed by atoms with Crippen molar-refractivity contribution in [3.63, 3.8) is 0 Å². The van der Waals surface area contributed by atoms with E-state index < -0.39 is 0 Å². The normalized spacial score (nSPS) is 8.71. The highest BCUT2D eigenvalue weighted by molar-refractivity contribution is 5.00. The zero-order valence-corrected chi connectivity index (χ0v) is 8.25. The molecule has 2 aromatic heterocycles. The van der Waals surface area contributed by atoms with E-state index in [1.807, 2.05) is 26.0 Å². The molecule has 0 radical (unpaired) electrons. The molecule has 0 fully saturated rings. The maximum Gasteiger partial charge on any atom is 0.0525 e. The van der Waals surface area contributed by atoms with Gasteiger partial charge in [-0.3, -0.25) is 0 Å². The minimum absolute atomic E-state index is 1.15. The highest BCUT2D eigenvalue weighted by Crippen LogP contribution is 1.86. The Bertz CT molecular complexity index is 310. The van der Waals surface area contributed by atoms with Gasteiger partial charge in [-0.05, 0) is 37.1 Å². The van der Waals surface area contributed by atoms with E-state index in [1.54, 1.807) is 24.8 Å². The van der Waals surface area contributed by atoms with Crippen LogP contribution in [0.25, 0.3) is 0 Å². The molecule has 0 saturated carbocycles. The van der Waals surface area contributed by atoms with Crippen LogP contribution in [0, 0.1) is 13.8 Å². The van der Waals surface area contributed by atoms with Crippen molar-refractivity contribution in [3.05, 3.63) is 48.0 Å². The summed E-state index contributed by atoms with van der Waals surface area (Å²) in [7, 11) is 0. The van der Waals surface area contributed by atoms with Crippen LogP contribution in [-0.4, -0.2) is 20.4 Å². The molecule has 4 nitrogen and oxygen atoms in total. The minimum Gasteiger partial charge on any atom is -0.159 e. The molecule has 4 heteroatoms. The zero-order chi connectivity index (χ0) is 10.2. The van der Waals surface area contributed by atoms with Crippen LogP contribution in [0.5, 0.6) is 0 Å². The molecule has 0 bridgehead atoms. The smallest absolute Gasteiger partial charge is 0.0525 e. The predicted octanol–water partition coefficient (Wildman–Crippen LogP) is 1.57. The summed E-state index contributed by atoms with van der Waals surface area (Å²) in [6, 6.07) is 3.82. The average molecular weight is 188 g/mol. The van der Waals surface area contributed by atoms with Gasteiger partial charge in [0.05, 0.1) is 12.4 Å². The minimum atomic E-state index is 1.15. The van der Waals surface area contributed by atoms with Crippen LogP contribution in [-0.2, 0) is 0 Å². The Hall–Kier alpha value is -1.84. The van der Waals surface area contributed by atoms with Gasteiger partial charge in [-0.15, -0.1) is 0 Å². The summed E-state index contributed by atoms with van der Waals surface area (Å²) in [5.74, 6) is 0. The van der Waals surface area contributed by atoms with Crippen LogP contribution in [0.2, 0.25) is 0 Å². The van der Waals surface area contributed by atoms with Gasteiger partial charge in [0.15, 0.2) is 0 Å². The van der Waals surface area contributed by atoms with E-state index in [4.69, 9.17) is 0 Å². The third-order valence-corrected chi connectivity index (χ3v) is 1.46. The van der Waals surface area contributed by atoms with Crippen LogP contribution >= 0.6 is 0 Å². The molecule has 0 aliphatic carbocycles. The molecule has 0 aliphatic rings. The SMILES string of the molecule is Cc1ccnnc1.Cc1ccnnc1. The molecule has 0 amide bonds. The standard InChI is InChI=1S/2C5H6N2/c2*1-5-2-3-6-7-4-5/h2*2-4H,1H3. The fourth-order valence-corrected chi connectivity index (χ4v) is 0.714. The first-order valence-electron chi connectivity index (χ1n) is 4.25. The molecule has 2 heterocycles. The van der Waals surface area contributed by atoms with Crippen LogP contribution in [0.1, 0.15) is 11.1 Å². The van der Waals surface area contributed by atoms with Gasteiger partial charge in [-0.25, -0.2) is 0 Å². The topological polar surface area (TPSA) is 51.6 Å². The molecule has 0 saturated heterocycles. The van der Waals surface area contributed by atoms with Crippen LogP contribution in [0.4, 0.5) is 0 Å². The van der Waals surface area contributed by atoms with Gasteiger partial charge in [-0.1, -0.05) is 0 Å². The molecule has 0 aliphatic heterocycles. The average Bonchev–Trinajstić information content (AvgIpc) is 2.21.